The minimum atomic E-state index is -1.18. The number of aliphatic carboxylic acids is 1. The lowest BCUT2D eigenvalue weighted by molar-refractivity contribution is -0.139. The summed E-state index contributed by atoms with van der Waals surface area (Å²) in [5, 5.41) is 21.3. The molecule has 7 N–H and O–H groups in total. The third kappa shape index (κ3) is 6.27. The zero-order chi connectivity index (χ0) is 20.5. The average Bonchev–Trinajstić information content (AvgIpc) is 2.66. The number of benzene rings is 1. The molecule has 9 nitrogen and oxygen atoms in total. The van der Waals surface area contributed by atoms with Gasteiger partial charge in [-0.25, -0.2) is 4.79 Å². The molecule has 0 fully saturated rings. The van der Waals surface area contributed by atoms with Gasteiger partial charge in [0.15, 0.2) is 5.96 Å². The molecule has 1 heterocycles. The van der Waals surface area contributed by atoms with E-state index >= 15 is 0 Å². The second kappa shape index (κ2) is 9.91. The van der Waals surface area contributed by atoms with Crippen LogP contribution in [0.25, 0.3) is 0 Å². The number of carboxylic acids is 1. The van der Waals surface area contributed by atoms with Crippen molar-refractivity contribution in [2.75, 3.05) is 6.54 Å². The summed E-state index contributed by atoms with van der Waals surface area (Å²) in [6.07, 6.45) is 0.972. The molecule has 0 aliphatic heterocycles. The standard InChI is InChI=1S/C19H23N5O4/c20-19(21)22-10-4-7-15(18(27)28)24-17(26)14-9-8-13(16(25)23-14)11-12-5-2-1-3-6-12/h1-3,5-6,8-9,15H,4,7,10-11H2,(H,23,25)(H,24,26)(H,27,28)(H4,20,21,22)/t15-/m0/s1. The molecule has 1 amide bonds. The summed E-state index contributed by atoms with van der Waals surface area (Å²) in [6, 6.07) is 11.4. The predicted octanol–water partition coefficient (Wildman–Crippen LogP) is 0.412. The summed E-state index contributed by atoms with van der Waals surface area (Å²) in [5.74, 6) is -2.06. The van der Waals surface area contributed by atoms with Gasteiger partial charge in [0, 0.05) is 18.5 Å². The van der Waals surface area contributed by atoms with Gasteiger partial charge in [-0.3, -0.25) is 15.0 Å². The van der Waals surface area contributed by atoms with Crippen LogP contribution in [0, 0.1) is 5.41 Å². The summed E-state index contributed by atoms with van der Waals surface area (Å²) in [4.78, 5) is 38.4. The van der Waals surface area contributed by atoms with Gasteiger partial charge in [-0.05, 0) is 24.5 Å². The first kappa shape index (κ1) is 20.7. The third-order valence-electron chi connectivity index (χ3n) is 4.06. The molecule has 2 aromatic rings. The first-order valence-corrected chi connectivity index (χ1v) is 8.74. The van der Waals surface area contributed by atoms with E-state index < -0.39 is 23.5 Å². The molecule has 1 atom stereocenters. The Balaban J connectivity index is 2.00. The van der Waals surface area contributed by atoms with E-state index in [1.807, 2.05) is 30.3 Å². The second-order valence-electron chi connectivity index (χ2n) is 6.24. The molecule has 148 valence electrons. The van der Waals surface area contributed by atoms with Gasteiger partial charge >= 0.3 is 5.97 Å². The van der Waals surface area contributed by atoms with E-state index in [0.717, 1.165) is 5.56 Å². The number of hydrogen-bond donors (Lipinski definition) is 6. The first-order chi connectivity index (χ1) is 13.4. The lowest BCUT2D eigenvalue weighted by Gasteiger charge is -2.15. The summed E-state index contributed by atoms with van der Waals surface area (Å²) >= 11 is 0. The maximum atomic E-state index is 12.3. The van der Waals surface area contributed by atoms with Gasteiger partial charge in [0.25, 0.3) is 11.5 Å². The van der Waals surface area contributed by atoms with Gasteiger partial charge in [0.2, 0.25) is 0 Å². The molecule has 2 rings (SSSR count). The highest BCUT2D eigenvalue weighted by Gasteiger charge is 2.21. The Labute approximate surface area is 161 Å². The van der Waals surface area contributed by atoms with Gasteiger partial charge in [-0.15, -0.1) is 0 Å². The summed E-state index contributed by atoms with van der Waals surface area (Å²) in [6.45, 7) is 0.319. The Kier molecular flexibility index (Phi) is 7.32. The van der Waals surface area contributed by atoms with E-state index in [-0.39, 0.29) is 18.1 Å². The molecule has 9 heteroatoms. The molecule has 0 saturated heterocycles. The molecule has 0 aliphatic rings. The lowest BCUT2D eigenvalue weighted by Crippen LogP contribution is -2.42. The van der Waals surface area contributed by atoms with Crippen LogP contribution in [0.1, 0.15) is 34.5 Å². The maximum absolute atomic E-state index is 12.3. The van der Waals surface area contributed by atoms with Crippen LogP contribution in [0.15, 0.2) is 47.3 Å². The second-order valence-corrected chi connectivity index (χ2v) is 6.24. The van der Waals surface area contributed by atoms with Crippen molar-refractivity contribution in [3.63, 3.8) is 0 Å². The first-order valence-electron chi connectivity index (χ1n) is 8.74. The number of H-pyrrole nitrogens is 1. The molecular weight excluding hydrogens is 362 g/mol. The number of rotatable bonds is 9. The van der Waals surface area contributed by atoms with Crippen molar-refractivity contribution in [1.29, 1.82) is 5.41 Å². The van der Waals surface area contributed by atoms with Crippen molar-refractivity contribution < 1.29 is 14.7 Å². The van der Waals surface area contributed by atoms with Crippen molar-refractivity contribution in [3.8, 4) is 0 Å². The fraction of sp³-hybridized carbons (Fsp3) is 0.263. The molecule has 0 saturated carbocycles. The minimum absolute atomic E-state index is 0.00470. The molecule has 0 spiro atoms. The third-order valence-corrected chi connectivity index (χ3v) is 4.06. The molecule has 0 bridgehead atoms. The minimum Gasteiger partial charge on any atom is -0.480 e. The van der Waals surface area contributed by atoms with Crippen LogP contribution in [0.2, 0.25) is 0 Å². The SMILES string of the molecule is N=C(N)NCCC[C@H](NC(=O)c1ccc(Cc2ccccc2)c(=O)[nH]1)C(=O)O. The average molecular weight is 385 g/mol. The Morgan fingerprint density at radius 1 is 1.18 bits per heavy atom. The Hall–Kier alpha value is -3.62. The summed E-state index contributed by atoms with van der Waals surface area (Å²) < 4.78 is 0. The van der Waals surface area contributed by atoms with Crippen molar-refractivity contribution >= 4 is 17.8 Å². The number of amides is 1. The molecule has 1 aromatic heterocycles. The normalized spacial score (nSPS) is 11.4. The van der Waals surface area contributed by atoms with Crippen LogP contribution < -0.4 is 21.9 Å². The number of guanidine groups is 1. The number of hydrogen-bond acceptors (Lipinski definition) is 4. The number of carboxylic acid groups (broad SMARTS) is 1. The zero-order valence-corrected chi connectivity index (χ0v) is 15.2. The lowest BCUT2D eigenvalue weighted by atomic mass is 10.1. The van der Waals surface area contributed by atoms with Gasteiger partial charge in [-0.1, -0.05) is 36.4 Å². The number of carbonyl (C=O) groups is 2. The predicted molar refractivity (Wildman–Crippen MR) is 104 cm³/mol. The fourth-order valence-corrected chi connectivity index (χ4v) is 2.61. The number of aromatic amines is 1. The van der Waals surface area contributed by atoms with Crippen LogP contribution in [-0.4, -0.2) is 40.5 Å². The van der Waals surface area contributed by atoms with Crippen LogP contribution in [0.3, 0.4) is 0 Å². The smallest absolute Gasteiger partial charge is 0.326 e. The topological polar surface area (TPSA) is 161 Å². The Morgan fingerprint density at radius 2 is 1.89 bits per heavy atom. The summed E-state index contributed by atoms with van der Waals surface area (Å²) in [7, 11) is 0. The van der Waals surface area contributed by atoms with Gasteiger partial charge < -0.3 is 26.5 Å². The highest BCUT2D eigenvalue weighted by molar-refractivity contribution is 5.94. The zero-order valence-electron chi connectivity index (χ0n) is 15.2. The van der Waals surface area contributed by atoms with Crippen LogP contribution >= 0.6 is 0 Å². The van der Waals surface area contributed by atoms with Crippen molar-refractivity contribution in [2.24, 2.45) is 5.73 Å². The van der Waals surface area contributed by atoms with Gasteiger partial charge in [0.1, 0.15) is 11.7 Å². The van der Waals surface area contributed by atoms with E-state index in [9.17, 15) is 19.5 Å². The Morgan fingerprint density at radius 3 is 2.50 bits per heavy atom. The van der Waals surface area contributed by atoms with E-state index in [2.05, 4.69) is 15.6 Å². The number of nitrogens with two attached hydrogens (primary N) is 1. The van der Waals surface area contributed by atoms with Crippen molar-refractivity contribution in [2.45, 2.75) is 25.3 Å². The Bertz CT molecular complexity index is 895. The van der Waals surface area contributed by atoms with Gasteiger partial charge in [-0.2, -0.15) is 0 Å². The number of nitrogens with one attached hydrogen (secondary N) is 4. The van der Waals surface area contributed by atoms with Crippen LogP contribution in [0.5, 0.6) is 0 Å². The summed E-state index contributed by atoms with van der Waals surface area (Å²) in [5.41, 5.74) is 6.23. The van der Waals surface area contributed by atoms with Crippen molar-refractivity contribution in [1.82, 2.24) is 15.6 Å². The molecule has 0 aliphatic carbocycles. The monoisotopic (exact) mass is 385 g/mol. The van der Waals surface area contributed by atoms with Gasteiger partial charge in [0.05, 0.1) is 0 Å². The highest BCUT2D eigenvalue weighted by Crippen LogP contribution is 2.06. The van der Waals surface area contributed by atoms with Crippen LogP contribution in [-0.2, 0) is 11.2 Å². The molecule has 0 radical (unpaired) electrons. The molecule has 0 unspecified atom stereocenters. The number of carbonyl (C=O) groups excluding carboxylic acids is 1. The molecular formula is C19H23N5O4. The fourth-order valence-electron chi connectivity index (χ4n) is 2.61. The van der Waals surface area contributed by atoms with Crippen molar-refractivity contribution in [3.05, 3.63) is 69.6 Å². The van der Waals surface area contributed by atoms with E-state index in [0.29, 0.717) is 24.9 Å². The van der Waals surface area contributed by atoms with E-state index in [1.54, 1.807) is 6.07 Å². The van der Waals surface area contributed by atoms with Crippen LogP contribution in [0.4, 0.5) is 0 Å². The highest BCUT2D eigenvalue weighted by atomic mass is 16.4. The molecule has 1 aromatic carbocycles. The maximum Gasteiger partial charge on any atom is 0.326 e. The number of pyridine rings is 1. The molecule has 28 heavy (non-hydrogen) atoms. The largest absolute Gasteiger partial charge is 0.480 e. The van der Waals surface area contributed by atoms with E-state index in [4.69, 9.17) is 11.1 Å². The van der Waals surface area contributed by atoms with E-state index in [1.165, 1.54) is 6.07 Å². The number of aromatic nitrogens is 1. The quantitative estimate of drug-likeness (QED) is 0.208.